The predicted molar refractivity (Wildman–Crippen MR) is 75.9 cm³/mol. The lowest BCUT2D eigenvalue weighted by Gasteiger charge is -2.25. The van der Waals surface area contributed by atoms with E-state index in [-0.39, 0.29) is 12.1 Å². The number of urea groups is 1. The van der Waals surface area contributed by atoms with Crippen molar-refractivity contribution < 1.29 is 14.3 Å². The van der Waals surface area contributed by atoms with Gasteiger partial charge >= 0.3 is 12.0 Å². The number of amides is 2. The zero-order valence-electron chi connectivity index (χ0n) is 12.7. The van der Waals surface area contributed by atoms with Crippen molar-refractivity contribution in [2.75, 3.05) is 14.1 Å². The summed E-state index contributed by atoms with van der Waals surface area (Å²) in [6.07, 6.45) is 3.62. The molecule has 0 aromatic rings. The summed E-state index contributed by atoms with van der Waals surface area (Å²) in [6.45, 7) is 9.08. The van der Waals surface area contributed by atoms with Gasteiger partial charge < -0.3 is 15.0 Å². The maximum atomic E-state index is 11.4. The minimum atomic E-state index is -0.503. The molecule has 0 bridgehead atoms. The molecule has 0 saturated carbocycles. The number of esters is 1. The lowest BCUT2D eigenvalue weighted by Crippen LogP contribution is -2.40. The molecule has 0 heterocycles. The molecule has 0 aliphatic carbocycles. The second-order valence-electron chi connectivity index (χ2n) is 5.52. The zero-order valence-corrected chi connectivity index (χ0v) is 12.7. The fourth-order valence-electron chi connectivity index (χ4n) is 1.61. The van der Waals surface area contributed by atoms with Crippen LogP contribution in [0.2, 0.25) is 0 Å². The first kappa shape index (κ1) is 17.5. The molecule has 0 fully saturated rings. The van der Waals surface area contributed by atoms with Gasteiger partial charge in [-0.3, -0.25) is 0 Å². The lowest BCUT2D eigenvalue weighted by molar-refractivity contribution is -0.150. The molecule has 2 amide bonds. The summed E-state index contributed by atoms with van der Waals surface area (Å²) in [6, 6.07) is 0.00523. The molecule has 0 aromatic heterocycles. The fraction of sp³-hybridized carbons (Fsp3) is 0.714. The highest BCUT2D eigenvalue weighted by Crippen LogP contribution is 2.19. The molecule has 5 nitrogen and oxygen atoms in total. The molecule has 0 radical (unpaired) electrons. The van der Waals surface area contributed by atoms with Crippen molar-refractivity contribution >= 4 is 12.0 Å². The van der Waals surface area contributed by atoms with E-state index < -0.39 is 11.6 Å². The van der Waals surface area contributed by atoms with E-state index in [0.717, 1.165) is 19.3 Å². The van der Waals surface area contributed by atoms with Crippen LogP contribution in [0.3, 0.4) is 0 Å². The molecule has 0 spiro atoms. The highest BCUT2D eigenvalue weighted by Gasteiger charge is 2.21. The van der Waals surface area contributed by atoms with Crippen LogP contribution in [-0.4, -0.2) is 42.6 Å². The Labute approximate surface area is 116 Å². The van der Waals surface area contributed by atoms with Crippen LogP contribution in [-0.2, 0) is 9.53 Å². The first-order valence-corrected chi connectivity index (χ1v) is 6.51. The quantitative estimate of drug-likeness (QED) is 0.570. The van der Waals surface area contributed by atoms with Gasteiger partial charge in [0.25, 0.3) is 0 Å². The van der Waals surface area contributed by atoms with Crippen LogP contribution < -0.4 is 5.32 Å². The molecule has 0 rings (SSSR count). The molecule has 110 valence electrons. The topological polar surface area (TPSA) is 58.6 Å². The van der Waals surface area contributed by atoms with E-state index in [2.05, 4.69) is 11.9 Å². The van der Waals surface area contributed by atoms with E-state index in [1.807, 2.05) is 20.8 Å². The molecular formula is C14H26N2O3. The molecule has 1 atom stereocenters. The Bertz CT molecular complexity index is 325. The maximum Gasteiger partial charge on any atom is 0.330 e. The van der Waals surface area contributed by atoms with Gasteiger partial charge in [-0.05, 0) is 40.0 Å². The van der Waals surface area contributed by atoms with Crippen molar-refractivity contribution in [1.29, 1.82) is 0 Å². The third kappa shape index (κ3) is 8.24. The summed E-state index contributed by atoms with van der Waals surface area (Å²) in [5, 5.41) is 2.88. The number of carbonyl (C=O) groups is 2. The van der Waals surface area contributed by atoms with E-state index >= 15 is 0 Å². The number of hydrogen-bond donors (Lipinski definition) is 1. The second-order valence-corrected chi connectivity index (χ2v) is 5.52. The third-order valence-corrected chi connectivity index (χ3v) is 2.74. The van der Waals surface area contributed by atoms with Crippen molar-refractivity contribution in [3.05, 3.63) is 12.7 Å². The first-order chi connectivity index (χ1) is 8.68. The Morgan fingerprint density at radius 3 is 2.47 bits per heavy atom. The molecular weight excluding hydrogens is 244 g/mol. The Morgan fingerprint density at radius 2 is 2.00 bits per heavy atom. The van der Waals surface area contributed by atoms with Crippen molar-refractivity contribution in [2.24, 2.45) is 0 Å². The third-order valence-electron chi connectivity index (χ3n) is 2.74. The number of carbonyl (C=O) groups excluding carboxylic acids is 2. The van der Waals surface area contributed by atoms with Crippen LogP contribution >= 0.6 is 0 Å². The molecule has 1 N–H and O–H groups in total. The van der Waals surface area contributed by atoms with Gasteiger partial charge in [0.15, 0.2) is 0 Å². The van der Waals surface area contributed by atoms with Crippen LogP contribution in [0.4, 0.5) is 4.79 Å². The van der Waals surface area contributed by atoms with Crippen LogP contribution in [0.15, 0.2) is 12.7 Å². The van der Waals surface area contributed by atoms with Crippen molar-refractivity contribution in [3.63, 3.8) is 0 Å². The van der Waals surface area contributed by atoms with Crippen molar-refractivity contribution in [2.45, 2.75) is 51.7 Å². The Morgan fingerprint density at radius 1 is 1.42 bits per heavy atom. The summed E-state index contributed by atoms with van der Waals surface area (Å²) in [5.41, 5.74) is -0.503. The molecule has 0 aliphatic rings. The summed E-state index contributed by atoms with van der Waals surface area (Å²) >= 11 is 0. The van der Waals surface area contributed by atoms with Gasteiger partial charge in [-0.15, -0.1) is 0 Å². The van der Waals surface area contributed by atoms with E-state index in [4.69, 9.17) is 4.74 Å². The normalized spacial score (nSPS) is 12.5. The number of rotatable bonds is 7. The summed E-state index contributed by atoms with van der Waals surface area (Å²) in [5.74, 6) is -0.404. The molecule has 0 saturated heterocycles. The molecule has 5 heteroatoms. The average molecular weight is 270 g/mol. The number of nitrogens with zero attached hydrogens (tertiary/aromatic N) is 1. The highest BCUT2D eigenvalue weighted by molar-refractivity contribution is 5.81. The van der Waals surface area contributed by atoms with Crippen LogP contribution in [0.1, 0.15) is 40.0 Å². The number of nitrogens with one attached hydrogen (secondary N) is 1. The molecule has 1 unspecified atom stereocenters. The minimum absolute atomic E-state index is 0.0927. The minimum Gasteiger partial charge on any atom is -0.457 e. The lowest BCUT2D eigenvalue weighted by atomic mass is 9.99. The average Bonchev–Trinajstić information content (AvgIpc) is 2.27. The van der Waals surface area contributed by atoms with Gasteiger partial charge in [0.05, 0.1) is 0 Å². The summed E-state index contributed by atoms with van der Waals surface area (Å²) in [7, 11) is 3.42. The Hall–Kier alpha value is -1.52. The fourth-order valence-corrected chi connectivity index (χ4v) is 1.61. The SMILES string of the molecule is C=CC(=O)OC(C)(C)CCCC(C)NC(=O)N(C)C. The van der Waals surface area contributed by atoms with Gasteiger partial charge in [0, 0.05) is 26.2 Å². The van der Waals surface area contributed by atoms with E-state index in [9.17, 15) is 9.59 Å². The monoisotopic (exact) mass is 270 g/mol. The van der Waals surface area contributed by atoms with E-state index in [1.54, 1.807) is 14.1 Å². The zero-order chi connectivity index (χ0) is 15.1. The number of ether oxygens (including phenoxy) is 1. The molecule has 0 aromatic carbocycles. The second kappa shape index (κ2) is 7.81. The largest absolute Gasteiger partial charge is 0.457 e. The van der Waals surface area contributed by atoms with Gasteiger partial charge in [-0.2, -0.15) is 0 Å². The first-order valence-electron chi connectivity index (χ1n) is 6.51. The molecule has 19 heavy (non-hydrogen) atoms. The highest BCUT2D eigenvalue weighted by atomic mass is 16.6. The van der Waals surface area contributed by atoms with Crippen molar-refractivity contribution in [1.82, 2.24) is 10.2 Å². The van der Waals surface area contributed by atoms with Crippen molar-refractivity contribution in [3.8, 4) is 0 Å². The van der Waals surface area contributed by atoms with Gasteiger partial charge in [-0.25, -0.2) is 9.59 Å². The smallest absolute Gasteiger partial charge is 0.330 e. The van der Waals surface area contributed by atoms with Crippen LogP contribution in [0, 0.1) is 0 Å². The summed E-state index contributed by atoms with van der Waals surface area (Å²) < 4.78 is 5.24. The maximum absolute atomic E-state index is 11.4. The van der Waals surface area contributed by atoms with E-state index in [0.29, 0.717) is 0 Å². The molecule has 0 aliphatic heterocycles. The van der Waals surface area contributed by atoms with Gasteiger partial charge in [0.1, 0.15) is 5.60 Å². The summed E-state index contributed by atoms with van der Waals surface area (Å²) in [4.78, 5) is 24.1. The standard InChI is InChI=1S/C14H26N2O3/c1-7-12(17)19-14(3,4)10-8-9-11(2)15-13(18)16(5)6/h7,11H,1,8-10H2,2-6H3,(H,15,18). The Kier molecular flexibility index (Phi) is 7.19. The van der Waals surface area contributed by atoms with Gasteiger partial charge in [-0.1, -0.05) is 6.58 Å². The van der Waals surface area contributed by atoms with Gasteiger partial charge in [0.2, 0.25) is 0 Å². The predicted octanol–water partition coefficient (Wildman–Crippen LogP) is 2.32. The van der Waals surface area contributed by atoms with E-state index in [1.165, 1.54) is 11.0 Å². The number of hydrogen-bond acceptors (Lipinski definition) is 3. The van der Waals surface area contributed by atoms with Crippen LogP contribution in [0.25, 0.3) is 0 Å². The van der Waals surface area contributed by atoms with Crippen LogP contribution in [0.5, 0.6) is 0 Å². The Balaban J connectivity index is 3.98.